The molecule has 70 valence electrons. The third-order valence-corrected chi connectivity index (χ3v) is 2.71. The Morgan fingerprint density at radius 2 is 1.80 bits per heavy atom. The summed E-state index contributed by atoms with van der Waals surface area (Å²) < 4.78 is 0. The maximum atomic E-state index is 8.92. The fraction of sp³-hybridized carbons (Fsp3) is 0. The molecule has 0 aliphatic heterocycles. The molecular weight excluding hydrogens is 184 g/mol. The van der Waals surface area contributed by atoms with Crippen molar-refractivity contribution in [1.82, 2.24) is 4.98 Å². The molecule has 2 nitrogen and oxygen atoms in total. The number of aromatic amines is 1. The summed E-state index contributed by atoms with van der Waals surface area (Å²) in [5.41, 5.74) is 0.635. The van der Waals surface area contributed by atoms with Gasteiger partial charge < -0.3 is 4.98 Å². The zero-order valence-electron chi connectivity index (χ0n) is 7.99. The van der Waals surface area contributed by atoms with E-state index in [1.165, 1.54) is 10.8 Å². The van der Waals surface area contributed by atoms with Crippen LogP contribution >= 0.6 is 0 Å². The van der Waals surface area contributed by atoms with Crippen LogP contribution in [0.4, 0.5) is 0 Å². The van der Waals surface area contributed by atoms with E-state index in [1.54, 1.807) is 0 Å². The highest BCUT2D eigenvalue weighted by Crippen LogP contribution is 2.26. The average molecular weight is 192 g/mol. The van der Waals surface area contributed by atoms with Gasteiger partial charge >= 0.3 is 0 Å². The highest BCUT2D eigenvalue weighted by atomic mass is 14.7. The van der Waals surface area contributed by atoms with E-state index in [1.807, 2.05) is 30.5 Å². The van der Waals surface area contributed by atoms with Crippen molar-refractivity contribution in [1.29, 1.82) is 5.26 Å². The normalized spacial score (nSPS) is 10.6. The molecule has 0 spiro atoms. The van der Waals surface area contributed by atoms with Crippen molar-refractivity contribution >= 4 is 21.5 Å². The lowest BCUT2D eigenvalue weighted by Crippen LogP contribution is -1.74. The van der Waals surface area contributed by atoms with E-state index < -0.39 is 0 Å². The van der Waals surface area contributed by atoms with Gasteiger partial charge in [-0.2, -0.15) is 5.26 Å². The van der Waals surface area contributed by atoms with E-state index >= 15 is 0 Å². The minimum absolute atomic E-state index is 0.635. The largest absolute Gasteiger partial charge is 0.352 e. The first kappa shape index (κ1) is 8.07. The minimum atomic E-state index is 0.635. The van der Waals surface area contributed by atoms with Crippen molar-refractivity contribution < 1.29 is 0 Å². The van der Waals surface area contributed by atoms with E-state index in [4.69, 9.17) is 5.26 Å². The molecule has 3 rings (SSSR count). The SMILES string of the molecule is N#Cc1[nH]cc2c1ccc1ccccc12. The van der Waals surface area contributed by atoms with Crippen LogP contribution < -0.4 is 0 Å². The van der Waals surface area contributed by atoms with Crippen molar-refractivity contribution in [2.45, 2.75) is 0 Å². The molecule has 0 fully saturated rings. The Morgan fingerprint density at radius 3 is 2.67 bits per heavy atom. The van der Waals surface area contributed by atoms with Gasteiger partial charge in [0.25, 0.3) is 0 Å². The smallest absolute Gasteiger partial charge is 0.125 e. The third kappa shape index (κ3) is 1.04. The summed E-state index contributed by atoms with van der Waals surface area (Å²) in [5, 5.41) is 13.4. The molecule has 0 bridgehead atoms. The predicted octanol–water partition coefficient (Wildman–Crippen LogP) is 3.19. The molecule has 0 radical (unpaired) electrons. The summed E-state index contributed by atoms with van der Waals surface area (Å²) in [4.78, 5) is 2.99. The van der Waals surface area contributed by atoms with Gasteiger partial charge in [0.2, 0.25) is 0 Å². The zero-order chi connectivity index (χ0) is 10.3. The number of nitrogens with zero attached hydrogens (tertiary/aromatic N) is 1. The van der Waals surface area contributed by atoms with E-state index in [-0.39, 0.29) is 0 Å². The van der Waals surface area contributed by atoms with Crippen LogP contribution in [0.2, 0.25) is 0 Å². The molecule has 0 saturated carbocycles. The molecule has 2 aromatic carbocycles. The second-order valence-corrected chi connectivity index (χ2v) is 3.52. The van der Waals surface area contributed by atoms with Gasteiger partial charge in [-0.05, 0) is 10.8 Å². The van der Waals surface area contributed by atoms with Crippen LogP contribution in [0.1, 0.15) is 5.69 Å². The van der Waals surface area contributed by atoms with Crippen LogP contribution in [0.25, 0.3) is 21.5 Å². The van der Waals surface area contributed by atoms with Crippen LogP contribution in [0.3, 0.4) is 0 Å². The first-order valence-electron chi connectivity index (χ1n) is 4.79. The molecule has 1 heterocycles. The number of nitriles is 1. The van der Waals surface area contributed by atoms with Gasteiger partial charge in [-0.25, -0.2) is 0 Å². The number of H-pyrrole nitrogens is 1. The van der Waals surface area contributed by atoms with Crippen molar-refractivity contribution in [3.05, 3.63) is 48.3 Å². The maximum Gasteiger partial charge on any atom is 0.125 e. The van der Waals surface area contributed by atoms with Gasteiger partial charge in [0.05, 0.1) is 0 Å². The lowest BCUT2D eigenvalue weighted by atomic mass is 10.0. The number of benzene rings is 2. The molecule has 2 heteroatoms. The van der Waals surface area contributed by atoms with Crippen molar-refractivity contribution in [3.8, 4) is 6.07 Å². The summed E-state index contributed by atoms with van der Waals surface area (Å²) in [6.07, 6.45) is 1.90. The van der Waals surface area contributed by atoms with E-state index in [0.717, 1.165) is 10.8 Å². The Hall–Kier alpha value is -2.27. The van der Waals surface area contributed by atoms with Crippen molar-refractivity contribution in [2.75, 3.05) is 0 Å². The second-order valence-electron chi connectivity index (χ2n) is 3.52. The lowest BCUT2D eigenvalue weighted by Gasteiger charge is -1.98. The topological polar surface area (TPSA) is 39.6 Å². The van der Waals surface area contributed by atoms with Crippen LogP contribution in [0, 0.1) is 11.3 Å². The van der Waals surface area contributed by atoms with Gasteiger partial charge in [-0.1, -0.05) is 36.4 Å². The minimum Gasteiger partial charge on any atom is -0.352 e. The summed E-state index contributed by atoms with van der Waals surface area (Å²) >= 11 is 0. The van der Waals surface area contributed by atoms with Gasteiger partial charge in [0.15, 0.2) is 0 Å². The summed E-state index contributed by atoms with van der Waals surface area (Å²) in [7, 11) is 0. The molecule has 0 saturated heterocycles. The number of hydrogen-bond donors (Lipinski definition) is 1. The third-order valence-electron chi connectivity index (χ3n) is 2.71. The Kier molecular flexibility index (Phi) is 1.54. The molecule has 1 aromatic heterocycles. The molecule has 0 amide bonds. The molecular formula is C13H8N2. The van der Waals surface area contributed by atoms with Crippen molar-refractivity contribution in [2.24, 2.45) is 0 Å². The van der Waals surface area contributed by atoms with Gasteiger partial charge in [-0.15, -0.1) is 0 Å². The number of nitrogens with one attached hydrogen (secondary N) is 1. The summed E-state index contributed by atoms with van der Waals surface area (Å²) in [6.45, 7) is 0. The fourth-order valence-corrected chi connectivity index (χ4v) is 1.98. The van der Waals surface area contributed by atoms with Crippen LogP contribution in [-0.4, -0.2) is 4.98 Å². The molecule has 0 aliphatic carbocycles. The van der Waals surface area contributed by atoms with Crippen LogP contribution in [-0.2, 0) is 0 Å². The van der Waals surface area contributed by atoms with Crippen molar-refractivity contribution in [3.63, 3.8) is 0 Å². The Balaban J connectivity index is 2.57. The standard InChI is InChI=1S/C13H8N2/c14-7-13-11-6-5-9-3-1-2-4-10(9)12(11)8-15-13/h1-6,8,15H. The highest BCUT2D eigenvalue weighted by Gasteiger charge is 2.05. The fourth-order valence-electron chi connectivity index (χ4n) is 1.98. The second kappa shape index (κ2) is 2.86. The number of fused-ring (bicyclic) bond motifs is 3. The number of aromatic nitrogens is 1. The quantitative estimate of drug-likeness (QED) is 0.583. The maximum absolute atomic E-state index is 8.92. The molecule has 3 aromatic rings. The van der Waals surface area contributed by atoms with Crippen LogP contribution in [0.15, 0.2) is 42.6 Å². The van der Waals surface area contributed by atoms with Gasteiger partial charge in [0, 0.05) is 17.0 Å². The zero-order valence-corrected chi connectivity index (χ0v) is 7.99. The Labute approximate surface area is 86.8 Å². The highest BCUT2D eigenvalue weighted by molar-refractivity contribution is 6.08. The first-order chi connectivity index (χ1) is 7.40. The van der Waals surface area contributed by atoms with Crippen LogP contribution in [0.5, 0.6) is 0 Å². The monoisotopic (exact) mass is 192 g/mol. The van der Waals surface area contributed by atoms with Gasteiger partial charge in [0.1, 0.15) is 11.8 Å². The number of hydrogen-bond acceptors (Lipinski definition) is 1. The Bertz CT molecular complexity index is 686. The summed E-state index contributed by atoms with van der Waals surface area (Å²) in [5.74, 6) is 0. The molecule has 0 atom stereocenters. The lowest BCUT2D eigenvalue weighted by molar-refractivity contribution is 1.35. The molecule has 1 N–H and O–H groups in total. The number of rotatable bonds is 0. The van der Waals surface area contributed by atoms with E-state index in [0.29, 0.717) is 5.69 Å². The van der Waals surface area contributed by atoms with E-state index in [2.05, 4.69) is 23.2 Å². The van der Waals surface area contributed by atoms with Gasteiger partial charge in [-0.3, -0.25) is 0 Å². The summed E-state index contributed by atoms with van der Waals surface area (Å²) in [6, 6.07) is 14.4. The Morgan fingerprint density at radius 1 is 0.933 bits per heavy atom. The van der Waals surface area contributed by atoms with E-state index in [9.17, 15) is 0 Å². The molecule has 15 heavy (non-hydrogen) atoms. The first-order valence-corrected chi connectivity index (χ1v) is 4.79. The molecule has 0 unspecified atom stereocenters. The predicted molar refractivity (Wildman–Crippen MR) is 60.5 cm³/mol. The average Bonchev–Trinajstić information content (AvgIpc) is 2.72. The molecule has 0 aliphatic rings.